The number of carbonyl (C=O) groups is 1. The van der Waals surface area contributed by atoms with E-state index in [0.717, 1.165) is 5.75 Å². The summed E-state index contributed by atoms with van der Waals surface area (Å²) in [5.74, 6) is -0.0353. The van der Waals surface area contributed by atoms with Gasteiger partial charge in [-0.1, -0.05) is 23.9 Å². The van der Waals surface area contributed by atoms with Crippen LogP contribution in [0.15, 0.2) is 52.1 Å². The number of anilines is 1. The SMILES string of the molecule is C=N/C(=C\C=C/C)C(=O)Nc1ccc(F)c(C2(C)CCSC(N)=N2)c1. The summed E-state index contributed by atoms with van der Waals surface area (Å²) in [6, 6.07) is 4.41. The fraction of sp³-hybridized carbons (Fsp3) is 0.278. The Kier molecular flexibility index (Phi) is 6.14. The normalized spacial score (nSPS) is 21.1. The molecule has 132 valence electrons. The average Bonchev–Trinajstić information content (AvgIpc) is 2.57. The van der Waals surface area contributed by atoms with Gasteiger partial charge in [-0.15, -0.1) is 0 Å². The number of nitrogens with one attached hydrogen (secondary N) is 1. The van der Waals surface area contributed by atoms with E-state index in [-0.39, 0.29) is 11.5 Å². The lowest BCUT2D eigenvalue weighted by molar-refractivity contribution is -0.112. The van der Waals surface area contributed by atoms with Gasteiger partial charge < -0.3 is 11.1 Å². The number of nitrogens with zero attached hydrogens (tertiary/aromatic N) is 2. The Hall–Kier alpha value is -2.41. The van der Waals surface area contributed by atoms with Crippen molar-refractivity contribution < 1.29 is 9.18 Å². The zero-order chi connectivity index (χ0) is 18.4. The number of halogens is 1. The van der Waals surface area contributed by atoms with Gasteiger partial charge in [0.2, 0.25) is 0 Å². The fourth-order valence-electron chi connectivity index (χ4n) is 2.48. The summed E-state index contributed by atoms with van der Waals surface area (Å²) in [5.41, 5.74) is 6.10. The number of hydrogen-bond acceptors (Lipinski definition) is 5. The van der Waals surface area contributed by atoms with Crippen molar-refractivity contribution >= 4 is 35.2 Å². The fourth-order valence-corrected chi connectivity index (χ4v) is 3.45. The maximum absolute atomic E-state index is 14.4. The van der Waals surface area contributed by atoms with Crippen molar-refractivity contribution in [1.82, 2.24) is 0 Å². The van der Waals surface area contributed by atoms with Gasteiger partial charge in [-0.2, -0.15) is 0 Å². The molecule has 1 aliphatic rings. The van der Waals surface area contributed by atoms with Crippen LogP contribution in [-0.2, 0) is 10.3 Å². The van der Waals surface area contributed by atoms with E-state index in [2.05, 4.69) is 22.0 Å². The first-order valence-corrected chi connectivity index (χ1v) is 8.77. The molecular formula is C18H21FN4OS. The highest BCUT2D eigenvalue weighted by molar-refractivity contribution is 8.13. The Morgan fingerprint density at radius 3 is 2.96 bits per heavy atom. The molecule has 0 aliphatic carbocycles. The molecule has 1 unspecified atom stereocenters. The van der Waals surface area contributed by atoms with Crippen molar-refractivity contribution in [3.8, 4) is 0 Å². The van der Waals surface area contributed by atoms with Crippen molar-refractivity contribution in [2.75, 3.05) is 11.1 Å². The molecule has 3 N–H and O–H groups in total. The third-order valence-corrected chi connectivity index (χ3v) is 4.65. The molecule has 0 saturated carbocycles. The van der Waals surface area contributed by atoms with Crippen molar-refractivity contribution in [1.29, 1.82) is 0 Å². The lowest BCUT2D eigenvalue weighted by Gasteiger charge is -2.30. The van der Waals surface area contributed by atoms with E-state index < -0.39 is 11.4 Å². The monoisotopic (exact) mass is 360 g/mol. The molecule has 1 amide bonds. The van der Waals surface area contributed by atoms with Crippen LogP contribution < -0.4 is 11.1 Å². The number of amidine groups is 1. The molecule has 2 rings (SSSR count). The number of carbonyl (C=O) groups excluding carboxylic acids is 1. The number of rotatable bonds is 5. The molecule has 25 heavy (non-hydrogen) atoms. The van der Waals surface area contributed by atoms with E-state index in [1.807, 2.05) is 13.8 Å². The molecule has 0 radical (unpaired) electrons. The summed E-state index contributed by atoms with van der Waals surface area (Å²) in [7, 11) is 0. The number of benzene rings is 1. The average molecular weight is 360 g/mol. The summed E-state index contributed by atoms with van der Waals surface area (Å²) in [5, 5.41) is 3.15. The van der Waals surface area contributed by atoms with Crippen molar-refractivity contribution in [2.45, 2.75) is 25.8 Å². The van der Waals surface area contributed by atoms with Gasteiger partial charge in [0, 0.05) is 17.0 Å². The first-order valence-electron chi connectivity index (χ1n) is 7.79. The Morgan fingerprint density at radius 1 is 1.56 bits per heavy atom. The van der Waals surface area contributed by atoms with Crippen LogP contribution in [0.2, 0.25) is 0 Å². The molecule has 1 aromatic carbocycles. The number of hydrogen-bond donors (Lipinski definition) is 2. The summed E-state index contributed by atoms with van der Waals surface area (Å²) in [6.45, 7) is 7.06. The van der Waals surface area contributed by atoms with Gasteiger partial charge in [-0.25, -0.2) is 4.39 Å². The Morgan fingerprint density at radius 2 is 2.32 bits per heavy atom. The maximum atomic E-state index is 14.4. The van der Waals surface area contributed by atoms with Gasteiger partial charge in [0.05, 0.1) is 5.54 Å². The van der Waals surface area contributed by atoms with Crippen LogP contribution in [0.25, 0.3) is 0 Å². The van der Waals surface area contributed by atoms with E-state index in [9.17, 15) is 9.18 Å². The third kappa shape index (κ3) is 4.57. The summed E-state index contributed by atoms with van der Waals surface area (Å²) >= 11 is 1.45. The molecular weight excluding hydrogens is 339 g/mol. The molecule has 0 fully saturated rings. The topological polar surface area (TPSA) is 79.8 Å². The second-order valence-corrected chi connectivity index (χ2v) is 6.82. The molecule has 1 atom stereocenters. The second-order valence-electron chi connectivity index (χ2n) is 5.71. The van der Waals surface area contributed by atoms with Gasteiger partial charge in [-0.05, 0) is 51.3 Å². The number of aliphatic imine (C=N–C) groups is 2. The summed E-state index contributed by atoms with van der Waals surface area (Å²) < 4.78 is 14.4. The standard InChI is InChI=1S/C18H21FN4OS/c1-4-5-6-15(21-3)16(24)22-12-7-8-14(19)13(11-12)18(2)9-10-25-17(20)23-18/h4-8,11H,3,9-10H2,1-2H3,(H2,20,23)(H,22,24)/b5-4-,15-6-. The van der Waals surface area contributed by atoms with Crippen LogP contribution in [-0.4, -0.2) is 23.5 Å². The van der Waals surface area contributed by atoms with Gasteiger partial charge in [0.15, 0.2) is 5.17 Å². The lowest BCUT2D eigenvalue weighted by Crippen LogP contribution is -2.29. The van der Waals surface area contributed by atoms with Crippen LogP contribution >= 0.6 is 11.8 Å². The predicted octanol–water partition coefficient (Wildman–Crippen LogP) is 3.59. The number of nitrogens with two attached hydrogens (primary N) is 1. The molecule has 0 spiro atoms. The first kappa shape index (κ1) is 18.9. The maximum Gasteiger partial charge on any atom is 0.274 e. The molecule has 1 heterocycles. The minimum Gasteiger partial charge on any atom is -0.379 e. The second kappa shape index (κ2) is 8.11. The smallest absolute Gasteiger partial charge is 0.274 e. The highest BCUT2D eigenvalue weighted by atomic mass is 32.2. The van der Waals surface area contributed by atoms with Crippen molar-refractivity contribution in [3.05, 3.63) is 53.5 Å². The molecule has 0 saturated heterocycles. The van der Waals surface area contributed by atoms with E-state index in [0.29, 0.717) is 22.8 Å². The van der Waals surface area contributed by atoms with Crippen LogP contribution in [0.1, 0.15) is 25.8 Å². The van der Waals surface area contributed by atoms with Gasteiger partial charge in [0.25, 0.3) is 5.91 Å². The minimum absolute atomic E-state index is 0.173. The van der Waals surface area contributed by atoms with Crippen LogP contribution in [0.4, 0.5) is 10.1 Å². The van der Waals surface area contributed by atoms with Gasteiger partial charge in [0.1, 0.15) is 11.5 Å². The van der Waals surface area contributed by atoms with Crippen LogP contribution in [0.3, 0.4) is 0 Å². The van der Waals surface area contributed by atoms with E-state index in [1.165, 1.54) is 23.9 Å². The molecule has 1 aliphatic heterocycles. The largest absolute Gasteiger partial charge is 0.379 e. The minimum atomic E-state index is -0.750. The highest BCUT2D eigenvalue weighted by Crippen LogP contribution is 2.37. The molecule has 5 nitrogen and oxygen atoms in total. The Labute approximate surface area is 151 Å². The third-order valence-electron chi connectivity index (χ3n) is 3.85. The zero-order valence-corrected chi connectivity index (χ0v) is 15.1. The zero-order valence-electron chi connectivity index (χ0n) is 14.3. The molecule has 0 bridgehead atoms. The number of allylic oxidation sites excluding steroid dienone is 3. The Balaban J connectivity index is 2.32. The summed E-state index contributed by atoms with van der Waals surface area (Å²) in [4.78, 5) is 20.4. The van der Waals surface area contributed by atoms with Gasteiger partial charge >= 0.3 is 0 Å². The molecule has 0 aromatic heterocycles. The van der Waals surface area contributed by atoms with E-state index in [4.69, 9.17) is 5.73 Å². The number of amides is 1. The van der Waals surface area contributed by atoms with Crippen molar-refractivity contribution in [3.63, 3.8) is 0 Å². The van der Waals surface area contributed by atoms with Gasteiger partial charge in [-0.3, -0.25) is 14.8 Å². The first-order chi connectivity index (χ1) is 11.9. The van der Waals surface area contributed by atoms with E-state index >= 15 is 0 Å². The quantitative estimate of drug-likeness (QED) is 0.478. The van der Waals surface area contributed by atoms with Crippen molar-refractivity contribution in [2.24, 2.45) is 15.7 Å². The lowest BCUT2D eigenvalue weighted by atomic mass is 9.89. The van der Waals surface area contributed by atoms with Crippen LogP contribution in [0.5, 0.6) is 0 Å². The summed E-state index contributed by atoms with van der Waals surface area (Å²) in [6.07, 6.45) is 5.68. The number of thioether (sulfide) groups is 1. The van der Waals surface area contributed by atoms with Crippen LogP contribution in [0, 0.1) is 5.82 Å². The predicted molar refractivity (Wildman–Crippen MR) is 104 cm³/mol. The Bertz CT molecular complexity index is 772. The highest BCUT2D eigenvalue weighted by Gasteiger charge is 2.32. The molecule has 7 heteroatoms. The molecule has 1 aromatic rings. The van der Waals surface area contributed by atoms with E-state index in [1.54, 1.807) is 24.3 Å².